The normalized spacial score (nSPS) is 21.3. The van der Waals surface area contributed by atoms with Crippen molar-refractivity contribution in [1.29, 1.82) is 0 Å². The number of piperidine rings is 1. The highest BCUT2D eigenvalue weighted by Gasteiger charge is 2.33. The topological polar surface area (TPSA) is 50.6 Å². The van der Waals surface area contributed by atoms with E-state index in [4.69, 9.17) is 4.74 Å². The molecule has 0 N–H and O–H groups in total. The Morgan fingerprint density at radius 3 is 2.61 bits per heavy atom. The van der Waals surface area contributed by atoms with E-state index >= 15 is 0 Å². The molecule has 2 saturated heterocycles. The van der Waals surface area contributed by atoms with Crippen molar-refractivity contribution in [3.05, 3.63) is 47.5 Å². The van der Waals surface area contributed by atoms with Crippen LogP contribution in [0.25, 0.3) is 0 Å². The number of imidazole rings is 1. The molecule has 0 bridgehead atoms. The van der Waals surface area contributed by atoms with Crippen LogP contribution in [-0.4, -0.2) is 59.0 Å². The van der Waals surface area contributed by atoms with Gasteiger partial charge in [0.1, 0.15) is 11.6 Å². The molecule has 2 fully saturated rings. The number of carbonyl (C=O) groups excluding carboxylic acids is 1. The van der Waals surface area contributed by atoms with Crippen LogP contribution in [0, 0.1) is 18.8 Å². The van der Waals surface area contributed by atoms with E-state index in [0.717, 1.165) is 70.0 Å². The number of aryl methyl sites for hydroxylation is 1. The van der Waals surface area contributed by atoms with Crippen molar-refractivity contribution in [3.8, 4) is 5.75 Å². The Balaban J connectivity index is 1.37. The fourth-order valence-electron chi connectivity index (χ4n) is 5.25. The van der Waals surface area contributed by atoms with Crippen molar-refractivity contribution in [2.45, 2.75) is 52.1 Å². The van der Waals surface area contributed by atoms with Gasteiger partial charge in [-0.25, -0.2) is 4.98 Å². The van der Waals surface area contributed by atoms with Crippen LogP contribution in [0.15, 0.2) is 30.6 Å². The lowest BCUT2D eigenvalue weighted by Crippen LogP contribution is -2.41. The summed E-state index contributed by atoms with van der Waals surface area (Å²) in [6, 6.07) is 6.54. The molecule has 0 saturated carbocycles. The first kappa shape index (κ1) is 21.9. The molecular weight excluding hydrogens is 388 g/mol. The summed E-state index contributed by atoms with van der Waals surface area (Å²) < 4.78 is 7.75. The highest BCUT2D eigenvalue weighted by molar-refractivity contribution is 5.79. The second kappa shape index (κ2) is 9.86. The van der Waals surface area contributed by atoms with E-state index in [9.17, 15) is 4.79 Å². The van der Waals surface area contributed by atoms with Gasteiger partial charge in [0.25, 0.3) is 0 Å². The molecule has 2 aliphatic rings. The Kier molecular flexibility index (Phi) is 6.96. The van der Waals surface area contributed by atoms with E-state index in [0.29, 0.717) is 11.8 Å². The zero-order valence-electron chi connectivity index (χ0n) is 19.2. The van der Waals surface area contributed by atoms with Crippen LogP contribution >= 0.6 is 0 Å². The molecule has 1 aromatic carbocycles. The Morgan fingerprint density at radius 2 is 1.90 bits per heavy atom. The van der Waals surface area contributed by atoms with Crippen LogP contribution in [-0.2, 0) is 17.9 Å². The number of amides is 1. The van der Waals surface area contributed by atoms with E-state index < -0.39 is 0 Å². The van der Waals surface area contributed by atoms with Crippen LogP contribution in [0.2, 0.25) is 0 Å². The maximum absolute atomic E-state index is 12.8. The lowest BCUT2D eigenvalue weighted by molar-refractivity contribution is -0.136. The van der Waals surface area contributed by atoms with Crippen LogP contribution in [0.5, 0.6) is 5.75 Å². The molecule has 0 unspecified atom stereocenters. The summed E-state index contributed by atoms with van der Waals surface area (Å²) in [6.07, 6.45) is 9.51. The second-order valence-corrected chi connectivity index (χ2v) is 9.22. The number of hydrogen-bond acceptors (Lipinski definition) is 4. The lowest BCUT2D eigenvalue weighted by atomic mass is 9.81. The first-order valence-corrected chi connectivity index (χ1v) is 11.7. The van der Waals surface area contributed by atoms with Gasteiger partial charge < -0.3 is 14.2 Å². The van der Waals surface area contributed by atoms with Crippen molar-refractivity contribution in [1.82, 2.24) is 19.4 Å². The predicted molar refractivity (Wildman–Crippen MR) is 122 cm³/mol. The third kappa shape index (κ3) is 5.12. The second-order valence-electron chi connectivity index (χ2n) is 9.22. The Bertz CT molecular complexity index is 885. The molecule has 168 valence electrons. The molecule has 3 heterocycles. The molecule has 4 rings (SSSR count). The van der Waals surface area contributed by atoms with Gasteiger partial charge in [0.15, 0.2) is 0 Å². The number of methoxy groups -OCH3 is 1. The molecular formula is C25H36N4O2. The molecule has 0 spiro atoms. The first-order valence-electron chi connectivity index (χ1n) is 11.7. The maximum Gasteiger partial charge on any atom is 0.225 e. The number of aromatic nitrogens is 2. The average Bonchev–Trinajstić information content (AvgIpc) is 3.10. The van der Waals surface area contributed by atoms with E-state index in [1.165, 1.54) is 17.5 Å². The fraction of sp³-hybridized carbons (Fsp3) is 0.600. The molecule has 1 aromatic heterocycles. The number of carbonyl (C=O) groups is 1. The number of hydrogen-bond donors (Lipinski definition) is 0. The van der Waals surface area contributed by atoms with E-state index in [-0.39, 0.29) is 5.92 Å². The average molecular weight is 425 g/mol. The standard InChI is InChI=1S/C25H36N4O2/c1-19-26-11-15-29(19)18-22-16-20(7-8-24(22)31-3)17-28-13-9-21(10-14-28)23-6-4-5-12-27(2)25(23)30/h7-8,11,15-16,21,23H,4-6,9-10,12-14,17-18H2,1-3H3/t23-/m1/s1. The SMILES string of the molecule is COc1ccc(CN2CCC([C@H]3CCCCN(C)C3=O)CC2)cc1Cn1ccnc1C. The minimum Gasteiger partial charge on any atom is -0.496 e. The third-order valence-electron chi connectivity index (χ3n) is 7.17. The van der Waals surface area contributed by atoms with E-state index in [2.05, 4.69) is 32.7 Å². The molecule has 6 heteroatoms. The summed E-state index contributed by atoms with van der Waals surface area (Å²) in [5.41, 5.74) is 2.50. The Labute approximate surface area is 186 Å². The highest BCUT2D eigenvalue weighted by Crippen LogP contribution is 2.32. The summed E-state index contributed by atoms with van der Waals surface area (Å²) in [4.78, 5) is 21.6. The molecule has 2 aliphatic heterocycles. The van der Waals surface area contributed by atoms with Crippen molar-refractivity contribution >= 4 is 5.91 Å². The first-order chi connectivity index (χ1) is 15.0. The molecule has 31 heavy (non-hydrogen) atoms. The summed E-state index contributed by atoms with van der Waals surface area (Å²) in [7, 11) is 3.71. The molecule has 0 aliphatic carbocycles. The van der Waals surface area contributed by atoms with Gasteiger partial charge in [0.05, 0.1) is 13.7 Å². The third-order valence-corrected chi connectivity index (χ3v) is 7.17. The molecule has 1 atom stereocenters. The van der Waals surface area contributed by atoms with Gasteiger partial charge in [0, 0.05) is 44.0 Å². The van der Waals surface area contributed by atoms with Crippen LogP contribution in [0.3, 0.4) is 0 Å². The summed E-state index contributed by atoms with van der Waals surface area (Å²) in [6.45, 7) is 6.80. The quantitative estimate of drug-likeness (QED) is 0.709. The number of nitrogens with zero attached hydrogens (tertiary/aromatic N) is 4. The molecule has 2 aromatic rings. The van der Waals surface area contributed by atoms with Gasteiger partial charge in [-0.05, 0) is 69.3 Å². The summed E-state index contributed by atoms with van der Waals surface area (Å²) in [5, 5.41) is 0. The van der Waals surface area contributed by atoms with Crippen LogP contribution in [0.4, 0.5) is 0 Å². The van der Waals surface area contributed by atoms with Gasteiger partial charge in [-0.3, -0.25) is 9.69 Å². The molecule has 1 amide bonds. The lowest BCUT2D eigenvalue weighted by Gasteiger charge is -2.36. The van der Waals surface area contributed by atoms with Crippen LogP contribution < -0.4 is 4.74 Å². The number of likely N-dealkylation sites (tertiary alicyclic amines) is 2. The largest absolute Gasteiger partial charge is 0.496 e. The van der Waals surface area contributed by atoms with Crippen molar-refractivity contribution in [2.75, 3.05) is 33.8 Å². The van der Waals surface area contributed by atoms with Gasteiger partial charge >= 0.3 is 0 Å². The Hall–Kier alpha value is -2.34. The molecule has 0 radical (unpaired) electrons. The number of benzene rings is 1. The maximum atomic E-state index is 12.8. The summed E-state index contributed by atoms with van der Waals surface area (Å²) in [5.74, 6) is 3.09. The zero-order chi connectivity index (χ0) is 21.8. The highest BCUT2D eigenvalue weighted by atomic mass is 16.5. The van der Waals surface area contributed by atoms with Gasteiger partial charge in [-0.2, -0.15) is 0 Å². The van der Waals surface area contributed by atoms with Gasteiger partial charge in [0.2, 0.25) is 5.91 Å². The smallest absolute Gasteiger partial charge is 0.225 e. The monoisotopic (exact) mass is 424 g/mol. The van der Waals surface area contributed by atoms with E-state index in [1.54, 1.807) is 7.11 Å². The number of rotatable bonds is 6. The summed E-state index contributed by atoms with van der Waals surface area (Å²) >= 11 is 0. The van der Waals surface area contributed by atoms with Crippen LogP contribution in [0.1, 0.15) is 49.1 Å². The van der Waals surface area contributed by atoms with Crippen molar-refractivity contribution in [2.24, 2.45) is 11.8 Å². The van der Waals surface area contributed by atoms with Crippen molar-refractivity contribution < 1.29 is 9.53 Å². The number of ether oxygens (including phenoxy) is 1. The van der Waals surface area contributed by atoms with Gasteiger partial charge in [-0.15, -0.1) is 0 Å². The predicted octanol–water partition coefficient (Wildman–Crippen LogP) is 3.72. The zero-order valence-corrected chi connectivity index (χ0v) is 19.2. The molecule has 6 nitrogen and oxygen atoms in total. The Morgan fingerprint density at radius 1 is 1.10 bits per heavy atom. The van der Waals surface area contributed by atoms with Gasteiger partial charge in [-0.1, -0.05) is 12.5 Å². The van der Waals surface area contributed by atoms with E-state index in [1.807, 2.05) is 31.3 Å². The fourth-order valence-corrected chi connectivity index (χ4v) is 5.25. The minimum absolute atomic E-state index is 0.237. The minimum atomic E-state index is 0.237. The van der Waals surface area contributed by atoms with Crippen molar-refractivity contribution in [3.63, 3.8) is 0 Å².